The van der Waals surface area contributed by atoms with Crippen LogP contribution in [0.3, 0.4) is 0 Å². The third-order valence-electron chi connectivity index (χ3n) is 5.78. The Hall–Kier alpha value is -3.18. The Labute approximate surface area is 228 Å². The molecule has 4 rings (SSSR count). The molecule has 4 N–H and O–H groups in total. The van der Waals surface area contributed by atoms with E-state index in [1.54, 1.807) is 72.8 Å². The van der Waals surface area contributed by atoms with Gasteiger partial charge in [-0.15, -0.1) is 0 Å². The van der Waals surface area contributed by atoms with Crippen LogP contribution in [0, 0.1) is 0 Å². The molecular weight excluding hydrogens is 537 g/mol. The van der Waals surface area contributed by atoms with Crippen LogP contribution in [0.5, 0.6) is 0 Å². The van der Waals surface area contributed by atoms with Crippen LogP contribution in [-0.4, -0.2) is 58.0 Å². The molecule has 9 nitrogen and oxygen atoms in total. The van der Waals surface area contributed by atoms with Gasteiger partial charge in [0.25, 0.3) is 0 Å². The Bertz CT molecular complexity index is 1250. The number of halogens is 2. The Morgan fingerprint density at radius 3 is 2.21 bits per heavy atom. The van der Waals surface area contributed by atoms with Gasteiger partial charge in [-0.25, -0.2) is 4.79 Å². The molecule has 1 saturated heterocycles. The molecule has 3 aromatic carbocycles. The molecule has 0 aliphatic carbocycles. The maximum absolute atomic E-state index is 12.6. The van der Waals surface area contributed by atoms with Crippen molar-refractivity contribution in [2.45, 2.75) is 43.7 Å². The van der Waals surface area contributed by atoms with Gasteiger partial charge in [0.15, 0.2) is 6.10 Å². The molecule has 3 aromatic rings. The zero-order valence-electron chi connectivity index (χ0n) is 19.9. The van der Waals surface area contributed by atoms with Gasteiger partial charge < -0.3 is 34.8 Å². The summed E-state index contributed by atoms with van der Waals surface area (Å²) in [6, 6.07) is 20.7. The smallest absolute Gasteiger partial charge is 0.338 e. The van der Waals surface area contributed by atoms with Crippen LogP contribution in [-0.2, 0) is 36.8 Å². The van der Waals surface area contributed by atoms with E-state index in [2.05, 4.69) is 5.32 Å². The van der Waals surface area contributed by atoms with Crippen LogP contribution in [0.2, 0.25) is 10.0 Å². The van der Waals surface area contributed by atoms with Gasteiger partial charge in [0, 0.05) is 5.69 Å². The fourth-order valence-electron chi connectivity index (χ4n) is 3.81. The summed E-state index contributed by atoms with van der Waals surface area (Å²) in [5.74, 6) is -1.78. The van der Waals surface area contributed by atoms with Crippen molar-refractivity contribution in [2.24, 2.45) is 0 Å². The second kappa shape index (κ2) is 12.6. The molecule has 0 spiro atoms. The molecule has 1 fully saturated rings. The first-order valence-corrected chi connectivity index (χ1v) is 12.4. The van der Waals surface area contributed by atoms with Gasteiger partial charge in [-0.2, -0.15) is 0 Å². The van der Waals surface area contributed by atoms with Crippen molar-refractivity contribution in [3.63, 3.8) is 0 Å². The van der Waals surface area contributed by atoms with E-state index in [1.165, 1.54) is 0 Å². The number of esters is 2. The second-order valence-electron chi connectivity index (χ2n) is 8.58. The van der Waals surface area contributed by atoms with Crippen LogP contribution >= 0.6 is 23.2 Å². The number of benzene rings is 3. The standard InChI is InChI=1S/C27H25Cl2NO8/c28-18-10-5-11-19(29)21(18)30-17-9-4-8-16(12-17)13-20(31)37-27-24(34)22(32)23(33)25(38-27)26(35)36-14-15-6-2-1-3-7-15/h1-12,22-25,27,30,32-34H,13-14H2/t22-,23-,24+,25-,27+/m0/s1. The van der Waals surface area contributed by atoms with Gasteiger partial charge in [0.05, 0.1) is 22.2 Å². The van der Waals surface area contributed by atoms with Gasteiger partial charge >= 0.3 is 11.9 Å². The van der Waals surface area contributed by atoms with E-state index in [-0.39, 0.29) is 13.0 Å². The first kappa shape index (κ1) is 27.8. The van der Waals surface area contributed by atoms with Gasteiger partial charge in [-0.3, -0.25) is 4.79 Å². The number of rotatable bonds is 8. The second-order valence-corrected chi connectivity index (χ2v) is 9.39. The molecule has 0 unspecified atom stereocenters. The van der Waals surface area contributed by atoms with Gasteiger partial charge in [-0.1, -0.05) is 71.7 Å². The number of nitrogens with one attached hydrogen (secondary N) is 1. The van der Waals surface area contributed by atoms with Crippen molar-refractivity contribution in [3.8, 4) is 0 Å². The van der Waals surface area contributed by atoms with E-state index in [4.69, 9.17) is 37.4 Å². The summed E-state index contributed by atoms with van der Waals surface area (Å²) in [6.45, 7) is -0.0981. The molecular formula is C27H25Cl2NO8. The van der Waals surface area contributed by atoms with Crippen molar-refractivity contribution in [1.82, 2.24) is 0 Å². The molecule has 1 heterocycles. The van der Waals surface area contributed by atoms with Crippen LogP contribution in [0.4, 0.5) is 11.4 Å². The number of carbonyl (C=O) groups excluding carboxylic acids is 2. The van der Waals surface area contributed by atoms with Gasteiger partial charge in [0.2, 0.25) is 6.29 Å². The molecule has 0 saturated carbocycles. The van der Waals surface area contributed by atoms with Gasteiger partial charge in [-0.05, 0) is 35.4 Å². The monoisotopic (exact) mass is 561 g/mol. The molecule has 11 heteroatoms. The lowest BCUT2D eigenvalue weighted by atomic mass is 9.99. The van der Waals surface area contributed by atoms with Gasteiger partial charge in [0.1, 0.15) is 24.9 Å². The zero-order valence-corrected chi connectivity index (χ0v) is 21.4. The number of aliphatic hydroxyl groups excluding tert-OH is 3. The van der Waals surface area contributed by atoms with Crippen LogP contribution < -0.4 is 5.32 Å². The molecule has 0 aromatic heterocycles. The number of hydrogen-bond donors (Lipinski definition) is 4. The maximum Gasteiger partial charge on any atom is 0.338 e. The van der Waals surface area contributed by atoms with Crippen molar-refractivity contribution in [2.75, 3.05) is 5.32 Å². The Balaban J connectivity index is 1.38. The summed E-state index contributed by atoms with van der Waals surface area (Å²) >= 11 is 12.4. The summed E-state index contributed by atoms with van der Waals surface area (Å²) in [7, 11) is 0. The number of para-hydroxylation sites is 1. The predicted octanol–water partition coefficient (Wildman–Crippen LogP) is 3.37. The number of carbonyl (C=O) groups is 2. The summed E-state index contributed by atoms with van der Waals surface area (Å²) in [4.78, 5) is 25.2. The van der Waals surface area contributed by atoms with Crippen molar-refractivity contribution < 1.29 is 39.1 Å². The SMILES string of the molecule is O=C(Cc1cccc(Nc2c(Cl)cccc2Cl)c1)O[C@@H]1O[C@H](C(=O)OCc2ccccc2)[C@@H](O)[C@H](O)[C@H]1O. The number of aliphatic hydroxyl groups is 3. The van der Waals surface area contributed by atoms with Crippen molar-refractivity contribution in [3.05, 3.63) is 94.0 Å². The van der Waals surface area contributed by atoms with E-state index in [0.717, 1.165) is 0 Å². The third kappa shape index (κ3) is 6.82. The average molecular weight is 562 g/mol. The number of ether oxygens (including phenoxy) is 3. The minimum atomic E-state index is -1.82. The molecule has 1 aliphatic rings. The average Bonchev–Trinajstić information content (AvgIpc) is 2.90. The summed E-state index contributed by atoms with van der Waals surface area (Å²) in [5, 5.41) is 34.7. The fraction of sp³-hybridized carbons (Fsp3) is 0.259. The minimum absolute atomic E-state index is 0.0981. The maximum atomic E-state index is 12.6. The molecule has 0 bridgehead atoms. The van der Waals surface area contributed by atoms with E-state index < -0.39 is 42.6 Å². The quantitative estimate of drug-likeness (QED) is 0.305. The lowest BCUT2D eigenvalue weighted by molar-refractivity contribution is -0.287. The lowest BCUT2D eigenvalue weighted by Crippen LogP contribution is -2.60. The Morgan fingerprint density at radius 1 is 0.842 bits per heavy atom. The van der Waals surface area contributed by atoms with Crippen molar-refractivity contribution >= 4 is 46.5 Å². The predicted molar refractivity (Wildman–Crippen MR) is 139 cm³/mol. The van der Waals surface area contributed by atoms with Crippen LogP contribution in [0.25, 0.3) is 0 Å². The third-order valence-corrected chi connectivity index (χ3v) is 6.41. The zero-order chi connectivity index (χ0) is 27.2. The largest absolute Gasteiger partial charge is 0.459 e. The summed E-state index contributed by atoms with van der Waals surface area (Å²) < 4.78 is 15.7. The van der Waals surface area contributed by atoms with E-state index in [0.29, 0.717) is 32.5 Å². The van der Waals surface area contributed by atoms with Crippen LogP contribution in [0.1, 0.15) is 11.1 Å². The molecule has 0 amide bonds. The molecule has 0 radical (unpaired) electrons. The van der Waals surface area contributed by atoms with E-state index in [9.17, 15) is 24.9 Å². The van der Waals surface area contributed by atoms with E-state index in [1.807, 2.05) is 0 Å². The highest BCUT2D eigenvalue weighted by Gasteiger charge is 2.49. The first-order chi connectivity index (χ1) is 18.2. The van der Waals surface area contributed by atoms with Crippen molar-refractivity contribution in [1.29, 1.82) is 0 Å². The highest BCUT2D eigenvalue weighted by molar-refractivity contribution is 6.39. The molecule has 200 valence electrons. The van der Waals surface area contributed by atoms with Crippen LogP contribution in [0.15, 0.2) is 72.8 Å². The Morgan fingerprint density at radius 2 is 1.50 bits per heavy atom. The molecule has 1 aliphatic heterocycles. The highest BCUT2D eigenvalue weighted by Crippen LogP contribution is 2.33. The first-order valence-electron chi connectivity index (χ1n) is 11.6. The topological polar surface area (TPSA) is 135 Å². The number of hydrogen-bond acceptors (Lipinski definition) is 9. The summed E-state index contributed by atoms with van der Waals surface area (Å²) in [6.07, 6.45) is -9.00. The Kier molecular flexibility index (Phi) is 9.22. The molecule has 38 heavy (non-hydrogen) atoms. The lowest BCUT2D eigenvalue weighted by Gasteiger charge is -2.38. The molecule has 5 atom stereocenters. The fourth-order valence-corrected chi connectivity index (χ4v) is 4.30. The normalized spacial score (nSPS) is 22.9. The van der Waals surface area contributed by atoms with E-state index >= 15 is 0 Å². The highest BCUT2D eigenvalue weighted by atomic mass is 35.5. The summed E-state index contributed by atoms with van der Waals surface area (Å²) in [5.41, 5.74) is 2.36. The minimum Gasteiger partial charge on any atom is -0.459 e. The number of anilines is 2.